The Hall–Kier alpha value is -4.37. The van der Waals surface area contributed by atoms with Gasteiger partial charge < -0.3 is 20.3 Å². The van der Waals surface area contributed by atoms with Crippen LogP contribution in [0.25, 0.3) is 11.3 Å². The van der Waals surface area contributed by atoms with E-state index in [0.717, 1.165) is 36.7 Å². The summed E-state index contributed by atoms with van der Waals surface area (Å²) in [7, 11) is 0. The highest BCUT2D eigenvalue weighted by atomic mass is 19.4. The van der Waals surface area contributed by atoms with Crippen molar-refractivity contribution < 1.29 is 36.3 Å². The molecular formula is C31H34F5N7O3. The number of aryl methyl sites for hydroxylation is 1. The third-order valence-electron chi connectivity index (χ3n) is 7.75. The quantitative estimate of drug-likeness (QED) is 0.233. The molecule has 0 saturated carbocycles. The standard InChI is InChI=1S/C31H34F5N7O3/c1-18(2)42(28(44)31(34,35)36)20-9-8-19(3)21(16-20)25-22-17-38-30(45)43(26-23(32)6-4-7-24(26)33)27(22)40-29(39-25)37-10-5-11-41-12-14-46-15-13-41/h4,6-9,16,18H,5,10-15,17H2,1-3H3,(H,38,45)(H,37,39,40). The lowest BCUT2D eigenvalue weighted by molar-refractivity contribution is -0.170. The smallest absolute Gasteiger partial charge is 0.379 e. The highest BCUT2D eigenvalue weighted by molar-refractivity contribution is 6.02. The largest absolute Gasteiger partial charge is 0.471 e. The van der Waals surface area contributed by atoms with Crippen LogP contribution in [-0.4, -0.2) is 78.4 Å². The summed E-state index contributed by atoms with van der Waals surface area (Å²) in [6.07, 6.45) is -4.42. The Morgan fingerprint density at radius 2 is 1.80 bits per heavy atom. The van der Waals surface area contributed by atoms with Crippen molar-refractivity contribution >= 4 is 35.1 Å². The lowest BCUT2D eigenvalue weighted by Gasteiger charge is -2.31. The molecule has 0 aliphatic carbocycles. The maximum absolute atomic E-state index is 15.0. The van der Waals surface area contributed by atoms with E-state index in [9.17, 15) is 22.8 Å². The van der Waals surface area contributed by atoms with Crippen molar-refractivity contribution in [2.24, 2.45) is 0 Å². The number of halogens is 5. The van der Waals surface area contributed by atoms with E-state index in [0.29, 0.717) is 42.2 Å². The van der Waals surface area contributed by atoms with E-state index in [4.69, 9.17) is 9.72 Å². The summed E-state index contributed by atoms with van der Waals surface area (Å²) in [4.78, 5) is 38.4. The fourth-order valence-corrected chi connectivity index (χ4v) is 5.50. The minimum atomic E-state index is -5.11. The Kier molecular flexibility index (Phi) is 9.72. The molecule has 2 N–H and O–H groups in total. The van der Waals surface area contributed by atoms with E-state index >= 15 is 8.78 Å². The number of rotatable bonds is 9. The summed E-state index contributed by atoms with van der Waals surface area (Å²) in [5.41, 5.74) is 0.757. The summed E-state index contributed by atoms with van der Waals surface area (Å²) in [6, 6.07) is 5.90. The van der Waals surface area contributed by atoms with Gasteiger partial charge in [-0.05, 0) is 63.6 Å². The topological polar surface area (TPSA) is 103 Å². The van der Waals surface area contributed by atoms with Crippen LogP contribution in [0, 0.1) is 18.6 Å². The van der Waals surface area contributed by atoms with Gasteiger partial charge in [0.15, 0.2) is 5.82 Å². The van der Waals surface area contributed by atoms with Crippen LogP contribution in [0.1, 0.15) is 31.4 Å². The molecule has 3 heterocycles. The van der Waals surface area contributed by atoms with Gasteiger partial charge in [0.25, 0.3) is 0 Å². The minimum Gasteiger partial charge on any atom is -0.379 e. The third kappa shape index (κ3) is 6.89. The third-order valence-corrected chi connectivity index (χ3v) is 7.75. The molecule has 46 heavy (non-hydrogen) atoms. The second-order valence-corrected chi connectivity index (χ2v) is 11.3. The molecule has 5 rings (SSSR count). The first-order valence-corrected chi connectivity index (χ1v) is 14.8. The number of hydrogen-bond donors (Lipinski definition) is 2. The molecule has 1 fully saturated rings. The van der Waals surface area contributed by atoms with Crippen LogP contribution < -0.4 is 20.4 Å². The maximum atomic E-state index is 15.0. The summed E-state index contributed by atoms with van der Waals surface area (Å²) in [6.45, 7) is 8.59. The van der Waals surface area contributed by atoms with Crippen LogP contribution in [0.5, 0.6) is 0 Å². The molecule has 0 spiro atoms. The second kappa shape index (κ2) is 13.5. The average molecular weight is 648 g/mol. The lowest BCUT2D eigenvalue weighted by atomic mass is 9.98. The van der Waals surface area contributed by atoms with E-state index < -0.39 is 41.5 Å². The van der Waals surface area contributed by atoms with Crippen molar-refractivity contribution in [1.82, 2.24) is 20.2 Å². The molecular weight excluding hydrogens is 613 g/mol. The van der Waals surface area contributed by atoms with Crippen molar-refractivity contribution in [1.29, 1.82) is 0 Å². The Labute approximate surface area is 262 Å². The van der Waals surface area contributed by atoms with Crippen LogP contribution in [0.15, 0.2) is 36.4 Å². The Balaban J connectivity index is 1.61. The fourth-order valence-electron chi connectivity index (χ4n) is 5.50. The van der Waals surface area contributed by atoms with Crippen molar-refractivity contribution in [3.05, 3.63) is 59.2 Å². The molecule has 1 aromatic heterocycles. The van der Waals surface area contributed by atoms with Gasteiger partial charge in [0.05, 0.1) is 25.5 Å². The number of anilines is 4. The van der Waals surface area contributed by atoms with E-state index in [2.05, 4.69) is 20.5 Å². The van der Waals surface area contributed by atoms with Gasteiger partial charge in [0.2, 0.25) is 5.95 Å². The van der Waals surface area contributed by atoms with Gasteiger partial charge in [-0.2, -0.15) is 18.2 Å². The zero-order chi connectivity index (χ0) is 33.2. The summed E-state index contributed by atoms with van der Waals surface area (Å²) >= 11 is 0. The predicted octanol–water partition coefficient (Wildman–Crippen LogP) is 5.53. The van der Waals surface area contributed by atoms with E-state index in [1.807, 2.05) is 0 Å². The van der Waals surface area contributed by atoms with Crippen LogP contribution in [-0.2, 0) is 16.1 Å². The van der Waals surface area contributed by atoms with Crippen molar-refractivity contribution in [3.63, 3.8) is 0 Å². The van der Waals surface area contributed by atoms with Crippen molar-refractivity contribution in [2.75, 3.05) is 54.5 Å². The number of aromatic nitrogens is 2. The first-order chi connectivity index (χ1) is 21.9. The number of para-hydroxylation sites is 1. The zero-order valence-corrected chi connectivity index (χ0v) is 25.5. The van der Waals surface area contributed by atoms with Gasteiger partial charge in [-0.25, -0.2) is 23.5 Å². The van der Waals surface area contributed by atoms with Gasteiger partial charge in [-0.1, -0.05) is 12.1 Å². The second-order valence-electron chi connectivity index (χ2n) is 11.3. The fraction of sp³-hybridized carbons (Fsp3) is 0.419. The number of carbonyl (C=O) groups is 2. The number of alkyl halides is 3. The van der Waals surface area contributed by atoms with E-state index in [-0.39, 0.29) is 35.3 Å². The van der Waals surface area contributed by atoms with Gasteiger partial charge in [-0.3, -0.25) is 9.69 Å². The molecule has 0 bridgehead atoms. The van der Waals surface area contributed by atoms with Crippen LogP contribution in [0.4, 0.5) is 49.9 Å². The van der Waals surface area contributed by atoms with Gasteiger partial charge in [0, 0.05) is 42.5 Å². The van der Waals surface area contributed by atoms with Crippen LogP contribution >= 0.6 is 0 Å². The minimum absolute atomic E-state index is 0.0258. The molecule has 0 radical (unpaired) electrons. The number of urea groups is 1. The Morgan fingerprint density at radius 1 is 1.11 bits per heavy atom. The van der Waals surface area contributed by atoms with Crippen LogP contribution in [0.2, 0.25) is 0 Å². The Bertz CT molecular complexity index is 1590. The van der Waals surface area contributed by atoms with Gasteiger partial charge >= 0.3 is 18.1 Å². The molecule has 3 amide bonds. The highest BCUT2D eigenvalue weighted by Crippen LogP contribution is 2.40. The number of fused-ring (bicyclic) bond motifs is 1. The van der Waals surface area contributed by atoms with Crippen LogP contribution in [0.3, 0.4) is 0 Å². The normalized spacial score (nSPS) is 15.5. The number of nitrogens with one attached hydrogen (secondary N) is 2. The molecule has 2 aromatic carbocycles. The lowest BCUT2D eigenvalue weighted by Crippen LogP contribution is -2.45. The number of ether oxygens (including phenoxy) is 1. The van der Waals surface area contributed by atoms with E-state index in [1.54, 1.807) is 13.0 Å². The number of hydrogen-bond acceptors (Lipinski definition) is 7. The SMILES string of the molecule is Cc1ccc(N(C(=O)C(F)(F)F)C(C)C)cc1-c1nc(NCCCN2CCOCC2)nc2c1CNC(=O)N2c1c(F)cccc1F. The number of amides is 3. The van der Waals surface area contributed by atoms with Crippen molar-refractivity contribution in [3.8, 4) is 11.3 Å². The molecule has 0 atom stereocenters. The van der Waals surface area contributed by atoms with Gasteiger partial charge in [-0.15, -0.1) is 0 Å². The molecule has 2 aliphatic heterocycles. The predicted molar refractivity (Wildman–Crippen MR) is 162 cm³/mol. The first-order valence-electron chi connectivity index (χ1n) is 14.8. The highest BCUT2D eigenvalue weighted by Gasteiger charge is 2.44. The van der Waals surface area contributed by atoms with Crippen molar-refractivity contribution in [2.45, 2.75) is 46.0 Å². The summed E-state index contributed by atoms with van der Waals surface area (Å²) in [5, 5.41) is 5.73. The first kappa shape index (κ1) is 33.0. The summed E-state index contributed by atoms with van der Waals surface area (Å²) in [5.74, 6) is -4.08. The molecule has 15 heteroatoms. The van der Waals surface area contributed by atoms with Gasteiger partial charge in [0.1, 0.15) is 17.3 Å². The molecule has 0 unspecified atom stereocenters. The number of carbonyl (C=O) groups excluding carboxylic acids is 2. The maximum Gasteiger partial charge on any atom is 0.471 e. The molecule has 246 valence electrons. The number of nitrogens with zero attached hydrogens (tertiary/aromatic N) is 5. The molecule has 1 saturated heterocycles. The average Bonchev–Trinajstić information content (AvgIpc) is 3.00. The summed E-state index contributed by atoms with van der Waals surface area (Å²) < 4.78 is 76.2. The number of morpholine rings is 1. The Morgan fingerprint density at radius 3 is 2.46 bits per heavy atom. The molecule has 10 nitrogen and oxygen atoms in total. The van der Waals surface area contributed by atoms with E-state index in [1.165, 1.54) is 32.0 Å². The monoisotopic (exact) mass is 647 g/mol. The number of benzene rings is 2. The molecule has 3 aromatic rings. The zero-order valence-electron chi connectivity index (χ0n) is 25.5. The molecule has 2 aliphatic rings.